The van der Waals surface area contributed by atoms with Crippen molar-refractivity contribution in [1.82, 2.24) is 5.32 Å². The molecule has 0 unspecified atom stereocenters. The molecule has 0 saturated carbocycles. The normalized spacial score (nSPS) is 8.44. The van der Waals surface area contributed by atoms with Crippen molar-refractivity contribution in [3.05, 3.63) is 0 Å². The molecular formula is C4H7NO4. The Morgan fingerprint density at radius 2 is 2.44 bits per heavy atom. The van der Waals surface area contributed by atoms with Crippen molar-refractivity contribution in [1.29, 1.82) is 0 Å². The molecule has 0 aliphatic carbocycles. The molecule has 0 atom stereocenters. The van der Waals surface area contributed by atoms with E-state index >= 15 is 0 Å². The summed E-state index contributed by atoms with van der Waals surface area (Å²) in [6.07, 6.45) is 0. The Morgan fingerprint density at radius 3 is 2.89 bits per heavy atom. The lowest BCUT2D eigenvalue weighted by atomic mass is 10.7. The highest BCUT2D eigenvalue weighted by Gasteiger charge is 1.92. The van der Waals surface area contributed by atoms with Gasteiger partial charge in [-0.25, -0.2) is 0 Å². The van der Waals surface area contributed by atoms with E-state index in [0.29, 0.717) is 0 Å². The molecule has 5 heteroatoms. The fourth-order valence-corrected chi connectivity index (χ4v) is 0.251. The molecule has 0 amide bonds. The molecule has 52 valence electrons. The first-order valence-electron chi connectivity index (χ1n) is 2.25. The van der Waals surface area contributed by atoms with E-state index in [2.05, 4.69) is 10.1 Å². The zero-order valence-corrected chi connectivity index (χ0v) is 4.66. The second-order valence-electron chi connectivity index (χ2n) is 1.23. The van der Waals surface area contributed by atoms with E-state index in [4.69, 9.17) is 5.11 Å². The van der Waals surface area contributed by atoms with Crippen LogP contribution < -0.4 is 5.32 Å². The Kier molecular flexibility index (Phi) is 4.43. The first-order chi connectivity index (χ1) is 4.27. The molecule has 0 spiro atoms. The maximum Gasteiger partial charge on any atom is 0.317 e. The molecular weight excluding hydrogens is 126 g/mol. The number of carbonyl (C=O) groups excluding carboxylic acids is 1. The molecule has 0 fully saturated rings. The number of aliphatic carboxylic acids is 1. The highest BCUT2D eigenvalue weighted by atomic mass is 16.5. The molecule has 5 nitrogen and oxygen atoms in total. The molecule has 0 radical (unpaired) electrons. The maximum absolute atomic E-state index is 9.76. The van der Waals surface area contributed by atoms with Crippen molar-refractivity contribution < 1.29 is 19.4 Å². The standard InChI is InChI=1S/C4H7NO4/c6-3-9-2-5-1-4(7)8/h3,5H,1-2H2,(H,7,8). The molecule has 0 saturated heterocycles. The highest BCUT2D eigenvalue weighted by Crippen LogP contribution is 1.61. The molecule has 0 heterocycles. The van der Waals surface area contributed by atoms with Crippen molar-refractivity contribution in [2.45, 2.75) is 0 Å². The van der Waals surface area contributed by atoms with Crippen LogP contribution in [0.15, 0.2) is 0 Å². The van der Waals surface area contributed by atoms with Gasteiger partial charge in [-0.3, -0.25) is 14.9 Å². The number of hydrogen-bond acceptors (Lipinski definition) is 4. The van der Waals surface area contributed by atoms with Gasteiger partial charge >= 0.3 is 5.97 Å². The quantitative estimate of drug-likeness (QED) is 0.279. The van der Waals surface area contributed by atoms with E-state index in [1.54, 1.807) is 0 Å². The van der Waals surface area contributed by atoms with Gasteiger partial charge in [0.15, 0.2) is 0 Å². The summed E-state index contributed by atoms with van der Waals surface area (Å²) in [6, 6.07) is 0. The highest BCUT2D eigenvalue weighted by molar-refractivity contribution is 5.68. The summed E-state index contributed by atoms with van der Waals surface area (Å²) in [6.45, 7) is -0.0154. The first-order valence-corrected chi connectivity index (χ1v) is 2.25. The fourth-order valence-electron chi connectivity index (χ4n) is 0.251. The smallest absolute Gasteiger partial charge is 0.317 e. The van der Waals surface area contributed by atoms with Gasteiger partial charge in [-0.2, -0.15) is 0 Å². The third-order valence-electron chi connectivity index (χ3n) is 0.530. The Morgan fingerprint density at radius 1 is 1.78 bits per heavy atom. The van der Waals surface area contributed by atoms with Crippen LogP contribution >= 0.6 is 0 Å². The maximum atomic E-state index is 9.76. The van der Waals surface area contributed by atoms with Gasteiger partial charge in [0.2, 0.25) is 0 Å². The zero-order valence-electron chi connectivity index (χ0n) is 4.66. The van der Waals surface area contributed by atoms with Crippen LogP contribution in [0.25, 0.3) is 0 Å². The predicted molar refractivity (Wildman–Crippen MR) is 27.7 cm³/mol. The number of nitrogens with one attached hydrogen (secondary N) is 1. The van der Waals surface area contributed by atoms with Crippen molar-refractivity contribution in [2.24, 2.45) is 0 Å². The van der Waals surface area contributed by atoms with E-state index in [1.807, 2.05) is 0 Å². The number of carboxylic acids is 1. The third kappa shape index (κ3) is 6.90. The topological polar surface area (TPSA) is 75.6 Å². The van der Waals surface area contributed by atoms with Crippen molar-refractivity contribution in [2.75, 3.05) is 13.3 Å². The molecule has 0 aromatic carbocycles. The molecule has 0 aliphatic rings. The van der Waals surface area contributed by atoms with Crippen LogP contribution in [0.4, 0.5) is 0 Å². The lowest BCUT2D eigenvalue weighted by Gasteiger charge is -1.96. The molecule has 0 aromatic heterocycles. The first kappa shape index (κ1) is 7.90. The third-order valence-corrected chi connectivity index (χ3v) is 0.530. The number of hydrogen-bond donors (Lipinski definition) is 2. The Labute approximate surface area is 51.6 Å². The van der Waals surface area contributed by atoms with Crippen molar-refractivity contribution in [3.8, 4) is 0 Å². The van der Waals surface area contributed by atoms with Gasteiger partial charge in [-0.1, -0.05) is 0 Å². The summed E-state index contributed by atoms with van der Waals surface area (Å²) in [7, 11) is 0. The van der Waals surface area contributed by atoms with Crippen LogP contribution in [0.1, 0.15) is 0 Å². The van der Waals surface area contributed by atoms with Crippen molar-refractivity contribution >= 4 is 12.4 Å². The largest absolute Gasteiger partial charge is 0.480 e. The second kappa shape index (κ2) is 5.04. The lowest BCUT2D eigenvalue weighted by molar-refractivity contribution is -0.137. The SMILES string of the molecule is O=COCNCC(=O)O. The van der Waals surface area contributed by atoms with Gasteiger partial charge in [0.05, 0.1) is 6.54 Å². The van der Waals surface area contributed by atoms with Gasteiger partial charge in [-0.15, -0.1) is 0 Å². The Hall–Kier alpha value is -1.10. The summed E-state index contributed by atoms with van der Waals surface area (Å²) in [5.74, 6) is -0.982. The van der Waals surface area contributed by atoms with E-state index in [-0.39, 0.29) is 19.7 Å². The van der Waals surface area contributed by atoms with Gasteiger partial charge in [0, 0.05) is 0 Å². The second-order valence-corrected chi connectivity index (χ2v) is 1.23. The van der Waals surface area contributed by atoms with E-state index in [0.717, 1.165) is 0 Å². The molecule has 0 aliphatic heterocycles. The van der Waals surface area contributed by atoms with E-state index in [9.17, 15) is 9.59 Å². The summed E-state index contributed by atoms with van der Waals surface area (Å²) >= 11 is 0. The number of rotatable bonds is 5. The predicted octanol–water partition coefficient (Wildman–Crippen LogP) is -1.21. The number of carboxylic acid groups (broad SMARTS) is 1. The van der Waals surface area contributed by atoms with E-state index in [1.165, 1.54) is 0 Å². The molecule has 2 N–H and O–H groups in total. The van der Waals surface area contributed by atoms with Crippen LogP contribution in [0.2, 0.25) is 0 Å². The van der Waals surface area contributed by atoms with Crippen LogP contribution in [0, 0.1) is 0 Å². The molecule has 9 heavy (non-hydrogen) atoms. The average molecular weight is 133 g/mol. The van der Waals surface area contributed by atoms with Crippen LogP contribution in [-0.2, 0) is 14.3 Å². The van der Waals surface area contributed by atoms with Crippen LogP contribution in [-0.4, -0.2) is 30.8 Å². The monoisotopic (exact) mass is 133 g/mol. The number of ether oxygens (including phenoxy) is 1. The Bertz CT molecular complexity index is 103. The minimum Gasteiger partial charge on any atom is -0.480 e. The van der Waals surface area contributed by atoms with Gasteiger partial charge in [0.25, 0.3) is 6.47 Å². The Balaban J connectivity index is 2.91. The fraction of sp³-hybridized carbons (Fsp3) is 0.500. The van der Waals surface area contributed by atoms with Crippen LogP contribution in [0.3, 0.4) is 0 Å². The summed E-state index contributed by atoms with van der Waals surface area (Å²) < 4.78 is 4.13. The summed E-state index contributed by atoms with van der Waals surface area (Å²) in [4.78, 5) is 19.2. The average Bonchev–Trinajstić information content (AvgIpc) is 1.80. The minimum absolute atomic E-state index is 0.0597. The summed E-state index contributed by atoms with van der Waals surface area (Å²) in [5, 5.41) is 10.3. The van der Waals surface area contributed by atoms with Gasteiger partial charge in [-0.05, 0) is 0 Å². The minimum atomic E-state index is -0.982. The lowest BCUT2D eigenvalue weighted by Crippen LogP contribution is -2.24. The van der Waals surface area contributed by atoms with E-state index < -0.39 is 5.97 Å². The molecule has 0 bridgehead atoms. The van der Waals surface area contributed by atoms with Crippen molar-refractivity contribution in [3.63, 3.8) is 0 Å². The van der Waals surface area contributed by atoms with Gasteiger partial charge < -0.3 is 9.84 Å². The molecule has 0 rings (SSSR count). The number of carbonyl (C=O) groups is 2. The van der Waals surface area contributed by atoms with Crippen LogP contribution in [0.5, 0.6) is 0 Å². The summed E-state index contributed by atoms with van der Waals surface area (Å²) in [5.41, 5.74) is 0. The van der Waals surface area contributed by atoms with Gasteiger partial charge in [0.1, 0.15) is 6.73 Å². The zero-order chi connectivity index (χ0) is 7.11. The molecule has 0 aromatic rings.